The minimum Gasteiger partial charge on any atom is -0.355 e. The molecule has 4 nitrogen and oxygen atoms in total. The lowest BCUT2D eigenvalue weighted by molar-refractivity contribution is -0.118. The lowest BCUT2D eigenvalue weighted by Gasteiger charge is -2.00. The molecule has 5 heteroatoms. The van der Waals surface area contributed by atoms with E-state index in [1.54, 1.807) is 4.68 Å². The fourth-order valence-electron chi connectivity index (χ4n) is 1.27. The number of nitrogens with one attached hydrogen (secondary N) is 1. The molecule has 0 spiro atoms. The Morgan fingerprint density at radius 3 is 2.93 bits per heavy atom. The SMILES string of the molecule is Cc1cn(C)nc1CCNC(=O)CCl. The van der Waals surface area contributed by atoms with Crippen LogP contribution in [0.15, 0.2) is 6.20 Å². The molecule has 0 aliphatic carbocycles. The Morgan fingerprint density at radius 1 is 1.71 bits per heavy atom. The number of hydrogen-bond acceptors (Lipinski definition) is 2. The number of hydrogen-bond donors (Lipinski definition) is 1. The number of alkyl halides is 1. The Morgan fingerprint density at radius 2 is 2.43 bits per heavy atom. The zero-order chi connectivity index (χ0) is 10.6. The third-order valence-electron chi connectivity index (χ3n) is 1.92. The lowest BCUT2D eigenvalue weighted by atomic mass is 10.2. The van der Waals surface area contributed by atoms with Gasteiger partial charge in [0.25, 0.3) is 0 Å². The van der Waals surface area contributed by atoms with Gasteiger partial charge in [0.2, 0.25) is 5.91 Å². The fourth-order valence-corrected chi connectivity index (χ4v) is 1.36. The number of aromatic nitrogens is 2. The second kappa shape index (κ2) is 5.00. The van der Waals surface area contributed by atoms with Gasteiger partial charge in [0.15, 0.2) is 0 Å². The molecule has 0 radical (unpaired) electrons. The molecule has 78 valence electrons. The average Bonchev–Trinajstić information content (AvgIpc) is 2.45. The highest BCUT2D eigenvalue weighted by Crippen LogP contribution is 2.03. The van der Waals surface area contributed by atoms with Gasteiger partial charge in [-0.3, -0.25) is 9.48 Å². The molecular formula is C9H14ClN3O. The summed E-state index contributed by atoms with van der Waals surface area (Å²) < 4.78 is 1.77. The number of aryl methyl sites for hydroxylation is 2. The molecule has 0 bridgehead atoms. The summed E-state index contributed by atoms with van der Waals surface area (Å²) in [6.07, 6.45) is 2.70. The van der Waals surface area contributed by atoms with Crippen molar-refractivity contribution in [2.75, 3.05) is 12.4 Å². The van der Waals surface area contributed by atoms with E-state index in [9.17, 15) is 4.79 Å². The van der Waals surface area contributed by atoms with E-state index in [1.807, 2.05) is 20.2 Å². The van der Waals surface area contributed by atoms with Crippen molar-refractivity contribution < 1.29 is 4.79 Å². The second-order valence-electron chi connectivity index (χ2n) is 3.17. The van der Waals surface area contributed by atoms with E-state index >= 15 is 0 Å². The zero-order valence-corrected chi connectivity index (χ0v) is 9.14. The van der Waals surface area contributed by atoms with Gasteiger partial charge in [-0.2, -0.15) is 5.10 Å². The van der Waals surface area contributed by atoms with Gasteiger partial charge < -0.3 is 5.32 Å². The van der Waals surface area contributed by atoms with Crippen LogP contribution in [0.2, 0.25) is 0 Å². The van der Waals surface area contributed by atoms with Gasteiger partial charge in [0, 0.05) is 26.2 Å². The quantitative estimate of drug-likeness (QED) is 0.749. The predicted octanol–water partition coefficient (Wildman–Crippen LogP) is 0.626. The van der Waals surface area contributed by atoms with Crippen molar-refractivity contribution in [3.05, 3.63) is 17.5 Å². The molecule has 1 heterocycles. The van der Waals surface area contributed by atoms with E-state index in [-0.39, 0.29) is 11.8 Å². The first-order chi connectivity index (χ1) is 6.63. The molecule has 14 heavy (non-hydrogen) atoms. The maximum atomic E-state index is 10.8. The topological polar surface area (TPSA) is 46.9 Å². The third kappa shape index (κ3) is 3.03. The molecule has 0 atom stereocenters. The first-order valence-electron chi connectivity index (χ1n) is 4.45. The van der Waals surface area contributed by atoms with Crippen LogP contribution >= 0.6 is 11.6 Å². The van der Waals surface area contributed by atoms with Crippen LogP contribution in [-0.4, -0.2) is 28.1 Å². The zero-order valence-electron chi connectivity index (χ0n) is 8.38. The summed E-state index contributed by atoms with van der Waals surface area (Å²) in [7, 11) is 1.88. The summed E-state index contributed by atoms with van der Waals surface area (Å²) in [5.74, 6) is -0.124. The Labute approximate surface area is 88.2 Å². The van der Waals surface area contributed by atoms with Gasteiger partial charge in [-0.05, 0) is 12.5 Å². The number of amides is 1. The van der Waals surface area contributed by atoms with Crippen LogP contribution in [0.1, 0.15) is 11.3 Å². The summed E-state index contributed by atoms with van der Waals surface area (Å²) in [5, 5.41) is 6.96. The van der Waals surface area contributed by atoms with Crippen LogP contribution in [0.5, 0.6) is 0 Å². The molecular weight excluding hydrogens is 202 g/mol. The van der Waals surface area contributed by atoms with Crippen molar-refractivity contribution in [1.82, 2.24) is 15.1 Å². The molecule has 1 amide bonds. The maximum Gasteiger partial charge on any atom is 0.234 e. The molecule has 0 unspecified atom stereocenters. The van der Waals surface area contributed by atoms with Crippen molar-refractivity contribution in [3.8, 4) is 0 Å². The van der Waals surface area contributed by atoms with Gasteiger partial charge in [0.1, 0.15) is 5.88 Å². The third-order valence-corrected chi connectivity index (χ3v) is 2.16. The standard InChI is InChI=1S/C9H14ClN3O/c1-7-6-13(2)12-8(7)3-4-11-9(14)5-10/h6H,3-5H2,1-2H3,(H,11,14). The Bertz CT molecular complexity index is 322. The van der Waals surface area contributed by atoms with Crippen molar-refractivity contribution in [3.63, 3.8) is 0 Å². The van der Waals surface area contributed by atoms with Gasteiger partial charge >= 0.3 is 0 Å². The Hall–Kier alpha value is -1.03. The monoisotopic (exact) mass is 215 g/mol. The highest BCUT2D eigenvalue weighted by molar-refractivity contribution is 6.27. The molecule has 1 N–H and O–H groups in total. The van der Waals surface area contributed by atoms with Crippen molar-refractivity contribution >= 4 is 17.5 Å². The van der Waals surface area contributed by atoms with Gasteiger partial charge in [-0.1, -0.05) is 0 Å². The van der Waals surface area contributed by atoms with Crippen molar-refractivity contribution in [2.45, 2.75) is 13.3 Å². The summed E-state index contributed by atoms with van der Waals surface area (Å²) in [6, 6.07) is 0. The van der Waals surface area contributed by atoms with Crippen LogP contribution in [0, 0.1) is 6.92 Å². The first kappa shape index (κ1) is 11.0. The normalized spacial score (nSPS) is 10.2. The van der Waals surface area contributed by atoms with Crippen LogP contribution in [0.3, 0.4) is 0 Å². The molecule has 0 aliphatic heterocycles. The van der Waals surface area contributed by atoms with Gasteiger partial charge in [-0.15, -0.1) is 11.6 Å². The smallest absolute Gasteiger partial charge is 0.234 e. The van der Waals surface area contributed by atoms with Crippen molar-refractivity contribution in [2.24, 2.45) is 7.05 Å². The number of carbonyl (C=O) groups is 1. The van der Waals surface area contributed by atoms with Gasteiger partial charge in [0.05, 0.1) is 5.69 Å². The lowest BCUT2D eigenvalue weighted by Crippen LogP contribution is -2.26. The average molecular weight is 216 g/mol. The number of carbonyl (C=O) groups excluding carboxylic acids is 1. The van der Waals surface area contributed by atoms with Crippen LogP contribution in [-0.2, 0) is 18.3 Å². The van der Waals surface area contributed by atoms with E-state index in [1.165, 1.54) is 0 Å². The van der Waals surface area contributed by atoms with Crippen LogP contribution in [0.25, 0.3) is 0 Å². The molecule has 1 aromatic heterocycles. The van der Waals surface area contributed by atoms with E-state index in [2.05, 4.69) is 10.4 Å². The molecule has 0 aromatic carbocycles. The van der Waals surface area contributed by atoms with E-state index < -0.39 is 0 Å². The predicted molar refractivity (Wildman–Crippen MR) is 55.4 cm³/mol. The molecule has 0 saturated carbocycles. The van der Waals surface area contributed by atoms with E-state index in [0.29, 0.717) is 6.54 Å². The second-order valence-corrected chi connectivity index (χ2v) is 3.43. The van der Waals surface area contributed by atoms with Gasteiger partial charge in [-0.25, -0.2) is 0 Å². The fraction of sp³-hybridized carbons (Fsp3) is 0.556. The molecule has 0 aliphatic rings. The minimum atomic E-state index is -0.139. The van der Waals surface area contributed by atoms with Crippen LogP contribution in [0.4, 0.5) is 0 Å². The first-order valence-corrected chi connectivity index (χ1v) is 4.98. The van der Waals surface area contributed by atoms with E-state index in [4.69, 9.17) is 11.6 Å². The van der Waals surface area contributed by atoms with Crippen molar-refractivity contribution in [1.29, 1.82) is 0 Å². The molecule has 1 rings (SSSR count). The number of nitrogens with zero attached hydrogens (tertiary/aromatic N) is 2. The molecule has 0 fully saturated rings. The summed E-state index contributed by atoms with van der Waals surface area (Å²) in [4.78, 5) is 10.8. The van der Waals surface area contributed by atoms with Crippen LogP contribution < -0.4 is 5.32 Å². The highest BCUT2D eigenvalue weighted by atomic mass is 35.5. The highest BCUT2D eigenvalue weighted by Gasteiger charge is 2.03. The Balaban J connectivity index is 2.38. The molecule has 0 saturated heterocycles. The number of halogens is 1. The number of rotatable bonds is 4. The summed E-state index contributed by atoms with van der Waals surface area (Å²) in [5.41, 5.74) is 2.16. The summed E-state index contributed by atoms with van der Waals surface area (Å²) in [6.45, 7) is 2.59. The largest absolute Gasteiger partial charge is 0.355 e. The maximum absolute atomic E-state index is 10.8. The minimum absolute atomic E-state index is 0.0151. The Kier molecular flexibility index (Phi) is 3.95. The van der Waals surface area contributed by atoms with E-state index in [0.717, 1.165) is 17.7 Å². The molecule has 1 aromatic rings. The summed E-state index contributed by atoms with van der Waals surface area (Å²) >= 11 is 5.34.